The van der Waals surface area contributed by atoms with E-state index in [4.69, 9.17) is 15.4 Å². The molecule has 0 rings (SSSR count). The number of rotatable bonds is 3. The van der Waals surface area contributed by atoms with E-state index in [1.54, 1.807) is 20.8 Å². The van der Waals surface area contributed by atoms with E-state index in [9.17, 15) is 13.2 Å². The average molecular weight is 258 g/mol. The summed E-state index contributed by atoms with van der Waals surface area (Å²) in [6.07, 6.45) is -0.658. The second-order valence-corrected chi connectivity index (χ2v) is 7.22. The topological polar surface area (TPSA) is 72.5 Å². The predicted molar refractivity (Wildman–Crippen MR) is 58.5 cm³/mol. The van der Waals surface area contributed by atoms with E-state index in [2.05, 4.69) is 5.32 Å². The number of nitrogens with one attached hydrogen (secondary N) is 1. The fourth-order valence-corrected chi connectivity index (χ4v) is 1.11. The van der Waals surface area contributed by atoms with Gasteiger partial charge in [0.15, 0.2) is 0 Å². The van der Waals surface area contributed by atoms with Crippen molar-refractivity contribution in [3.05, 3.63) is 0 Å². The van der Waals surface area contributed by atoms with Gasteiger partial charge in [-0.25, -0.2) is 13.2 Å². The highest BCUT2D eigenvalue weighted by Gasteiger charge is 2.20. The van der Waals surface area contributed by atoms with Gasteiger partial charge in [0, 0.05) is 17.2 Å². The third-order valence-electron chi connectivity index (χ3n) is 1.41. The molecule has 15 heavy (non-hydrogen) atoms. The lowest BCUT2D eigenvalue weighted by Crippen LogP contribution is -2.37. The highest BCUT2D eigenvalue weighted by molar-refractivity contribution is 8.14. The summed E-state index contributed by atoms with van der Waals surface area (Å²) < 4.78 is 26.5. The number of carbonyl (C=O) groups excluding carboxylic acids is 1. The molecule has 0 aliphatic rings. The van der Waals surface area contributed by atoms with Crippen LogP contribution in [0.15, 0.2) is 0 Å². The summed E-state index contributed by atoms with van der Waals surface area (Å²) in [5, 5.41) is 1.48. The van der Waals surface area contributed by atoms with E-state index >= 15 is 0 Å². The van der Waals surface area contributed by atoms with Crippen molar-refractivity contribution < 1.29 is 17.9 Å². The molecule has 0 aliphatic heterocycles. The molecule has 1 atom stereocenters. The van der Waals surface area contributed by atoms with Gasteiger partial charge >= 0.3 is 6.09 Å². The van der Waals surface area contributed by atoms with E-state index in [-0.39, 0.29) is 6.54 Å². The SMILES string of the molecule is CC(CNC(=O)OC(C)(C)C)S(=O)(=O)Cl. The van der Waals surface area contributed by atoms with Crippen LogP contribution in [0.5, 0.6) is 0 Å². The molecule has 7 heteroatoms. The third-order valence-corrected chi connectivity index (χ3v) is 3.45. The summed E-state index contributed by atoms with van der Waals surface area (Å²) in [5.41, 5.74) is -0.604. The van der Waals surface area contributed by atoms with Crippen LogP contribution >= 0.6 is 10.7 Å². The molecule has 0 radical (unpaired) electrons. The number of hydrogen-bond donors (Lipinski definition) is 1. The Morgan fingerprint density at radius 1 is 1.47 bits per heavy atom. The van der Waals surface area contributed by atoms with Crippen molar-refractivity contribution in [2.75, 3.05) is 6.54 Å². The molecule has 0 aromatic rings. The molecular weight excluding hydrogens is 242 g/mol. The number of halogens is 1. The molecule has 1 N–H and O–H groups in total. The molecule has 0 spiro atoms. The lowest BCUT2D eigenvalue weighted by atomic mass is 10.2. The summed E-state index contributed by atoms with van der Waals surface area (Å²) in [5.74, 6) is 0. The number of alkyl carbamates (subject to hydrolysis) is 1. The Hall–Kier alpha value is -0.490. The molecule has 5 nitrogen and oxygen atoms in total. The summed E-state index contributed by atoms with van der Waals surface area (Å²) in [7, 11) is 1.44. The van der Waals surface area contributed by atoms with Gasteiger partial charge in [0.2, 0.25) is 9.05 Å². The van der Waals surface area contributed by atoms with Gasteiger partial charge in [0.1, 0.15) is 5.60 Å². The predicted octanol–water partition coefficient (Wildman–Crippen LogP) is 1.47. The van der Waals surface area contributed by atoms with Crippen molar-refractivity contribution >= 4 is 25.8 Å². The Morgan fingerprint density at radius 3 is 2.27 bits per heavy atom. The maximum absolute atomic E-state index is 11.1. The van der Waals surface area contributed by atoms with Crippen LogP contribution in [0, 0.1) is 0 Å². The fourth-order valence-electron chi connectivity index (χ4n) is 0.641. The van der Waals surface area contributed by atoms with Crippen LogP contribution in [-0.2, 0) is 13.8 Å². The normalized spacial score (nSPS) is 14.5. The van der Waals surface area contributed by atoms with Crippen LogP contribution in [0.3, 0.4) is 0 Å². The molecule has 0 aromatic heterocycles. The van der Waals surface area contributed by atoms with Crippen molar-refractivity contribution in [3.8, 4) is 0 Å². The summed E-state index contributed by atoms with van der Waals surface area (Å²) >= 11 is 0. The Bertz CT molecular complexity index is 320. The molecule has 1 amide bonds. The smallest absolute Gasteiger partial charge is 0.407 e. The molecule has 0 saturated carbocycles. The molecule has 0 fully saturated rings. The standard InChI is InChI=1S/C8H16ClNO4S/c1-6(15(9,12)13)5-10-7(11)14-8(2,3)4/h6H,5H2,1-4H3,(H,10,11). The Balaban J connectivity index is 4.03. The molecule has 0 heterocycles. The maximum atomic E-state index is 11.1. The molecule has 90 valence electrons. The van der Waals surface area contributed by atoms with E-state index in [1.165, 1.54) is 6.92 Å². The van der Waals surface area contributed by atoms with Gasteiger partial charge in [0.05, 0.1) is 5.25 Å². The lowest BCUT2D eigenvalue weighted by Gasteiger charge is -2.20. The van der Waals surface area contributed by atoms with Crippen LogP contribution in [0.25, 0.3) is 0 Å². The Labute approximate surface area is 94.6 Å². The van der Waals surface area contributed by atoms with Crippen molar-refractivity contribution in [1.82, 2.24) is 5.32 Å². The fraction of sp³-hybridized carbons (Fsp3) is 0.875. The first kappa shape index (κ1) is 14.5. The van der Waals surface area contributed by atoms with E-state index < -0.39 is 26.0 Å². The monoisotopic (exact) mass is 257 g/mol. The van der Waals surface area contributed by atoms with E-state index in [0.29, 0.717) is 0 Å². The summed E-state index contributed by atoms with van der Waals surface area (Å²) in [4.78, 5) is 11.1. The quantitative estimate of drug-likeness (QED) is 0.777. The highest BCUT2D eigenvalue weighted by Crippen LogP contribution is 2.08. The second-order valence-electron chi connectivity index (χ2n) is 4.17. The van der Waals surface area contributed by atoms with Crippen molar-refractivity contribution in [2.24, 2.45) is 0 Å². The van der Waals surface area contributed by atoms with Crippen LogP contribution < -0.4 is 5.32 Å². The summed E-state index contributed by atoms with van der Waals surface area (Å²) in [6, 6.07) is 0. The van der Waals surface area contributed by atoms with Gasteiger partial charge < -0.3 is 10.1 Å². The minimum Gasteiger partial charge on any atom is -0.444 e. The largest absolute Gasteiger partial charge is 0.444 e. The number of amides is 1. The van der Waals surface area contributed by atoms with E-state index in [0.717, 1.165) is 0 Å². The first-order valence-corrected chi connectivity index (χ1v) is 6.80. The van der Waals surface area contributed by atoms with Gasteiger partial charge in [-0.2, -0.15) is 0 Å². The molecule has 0 saturated heterocycles. The maximum Gasteiger partial charge on any atom is 0.407 e. The minimum absolute atomic E-state index is 0.0687. The second kappa shape index (κ2) is 5.03. The molecular formula is C8H16ClNO4S. The molecule has 0 aromatic carbocycles. The average Bonchev–Trinajstić information content (AvgIpc) is 1.94. The number of ether oxygens (including phenoxy) is 1. The van der Waals surface area contributed by atoms with Gasteiger partial charge in [-0.05, 0) is 27.7 Å². The first-order valence-electron chi connectivity index (χ1n) is 4.42. The lowest BCUT2D eigenvalue weighted by molar-refractivity contribution is 0.0528. The van der Waals surface area contributed by atoms with Gasteiger partial charge in [-0.3, -0.25) is 0 Å². The number of carbonyl (C=O) groups is 1. The third kappa shape index (κ3) is 7.44. The number of hydrogen-bond acceptors (Lipinski definition) is 4. The van der Waals surface area contributed by atoms with E-state index in [1.807, 2.05) is 0 Å². The molecule has 1 unspecified atom stereocenters. The molecule has 0 aliphatic carbocycles. The van der Waals surface area contributed by atoms with Crippen LogP contribution in [0.1, 0.15) is 27.7 Å². The van der Waals surface area contributed by atoms with Gasteiger partial charge in [0.25, 0.3) is 0 Å². The van der Waals surface area contributed by atoms with Crippen molar-refractivity contribution in [3.63, 3.8) is 0 Å². The zero-order chi connectivity index (χ0) is 12.3. The van der Waals surface area contributed by atoms with Crippen LogP contribution in [0.4, 0.5) is 4.79 Å². The zero-order valence-corrected chi connectivity index (χ0v) is 10.8. The minimum atomic E-state index is -3.64. The Kier molecular flexibility index (Phi) is 4.86. The van der Waals surface area contributed by atoms with Gasteiger partial charge in [-0.15, -0.1) is 0 Å². The first-order chi connectivity index (χ1) is 6.52. The van der Waals surface area contributed by atoms with Crippen LogP contribution in [-0.4, -0.2) is 31.9 Å². The van der Waals surface area contributed by atoms with Crippen molar-refractivity contribution in [1.29, 1.82) is 0 Å². The molecule has 0 bridgehead atoms. The zero-order valence-electron chi connectivity index (χ0n) is 9.20. The Morgan fingerprint density at radius 2 is 1.93 bits per heavy atom. The highest BCUT2D eigenvalue weighted by atomic mass is 35.7. The van der Waals surface area contributed by atoms with Crippen molar-refractivity contribution in [2.45, 2.75) is 38.5 Å². The van der Waals surface area contributed by atoms with Gasteiger partial charge in [-0.1, -0.05) is 0 Å². The van der Waals surface area contributed by atoms with Crippen LogP contribution in [0.2, 0.25) is 0 Å². The summed E-state index contributed by atoms with van der Waals surface area (Å²) in [6.45, 7) is 6.48.